The number of methoxy groups -OCH3 is 1. The van der Waals surface area contributed by atoms with Crippen LogP contribution in [-0.2, 0) is 22.6 Å². The van der Waals surface area contributed by atoms with Gasteiger partial charge < -0.3 is 19.8 Å². The molecule has 0 spiro atoms. The van der Waals surface area contributed by atoms with Gasteiger partial charge >= 0.3 is 0 Å². The summed E-state index contributed by atoms with van der Waals surface area (Å²) in [7, 11) is 1.69. The van der Waals surface area contributed by atoms with E-state index in [0.717, 1.165) is 32.0 Å². The number of aromatic nitrogens is 2. The van der Waals surface area contributed by atoms with Gasteiger partial charge in [-0.3, -0.25) is 0 Å². The van der Waals surface area contributed by atoms with Crippen molar-refractivity contribution in [1.29, 1.82) is 0 Å². The lowest BCUT2D eigenvalue weighted by Gasteiger charge is -2.07. The maximum Gasteiger partial charge on any atom is 0.122 e. The number of rotatable bonds is 8. The molecule has 0 amide bonds. The van der Waals surface area contributed by atoms with E-state index in [1.807, 2.05) is 10.8 Å². The normalized spacial score (nSPS) is 10.8. The number of hydrogen-bond donors (Lipinski definition) is 1. The molecule has 1 heterocycles. The van der Waals surface area contributed by atoms with Gasteiger partial charge in [0, 0.05) is 39.3 Å². The lowest BCUT2D eigenvalue weighted by atomic mass is 10.5. The fourth-order valence-corrected chi connectivity index (χ4v) is 1.30. The fourth-order valence-electron chi connectivity index (χ4n) is 1.30. The quantitative estimate of drug-likeness (QED) is 0.635. The van der Waals surface area contributed by atoms with Crippen molar-refractivity contribution in [3.05, 3.63) is 18.2 Å². The maximum atomic E-state index is 5.52. The van der Waals surface area contributed by atoms with Crippen LogP contribution in [0, 0.1) is 0 Å². The van der Waals surface area contributed by atoms with Crippen LogP contribution in [0.25, 0.3) is 0 Å². The largest absolute Gasteiger partial charge is 0.385 e. The summed E-state index contributed by atoms with van der Waals surface area (Å²) in [5, 5.41) is 0. The van der Waals surface area contributed by atoms with Gasteiger partial charge in [-0.25, -0.2) is 4.98 Å². The van der Waals surface area contributed by atoms with Gasteiger partial charge in [-0.05, 0) is 6.42 Å². The second-order valence-corrected chi connectivity index (χ2v) is 3.20. The molecule has 0 saturated carbocycles. The molecule has 0 aliphatic heterocycles. The van der Waals surface area contributed by atoms with E-state index in [2.05, 4.69) is 4.98 Å². The van der Waals surface area contributed by atoms with Crippen molar-refractivity contribution in [2.24, 2.45) is 5.73 Å². The van der Waals surface area contributed by atoms with E-state index in [-0.39, 0.29) is 0 Å². The molecule has 86 valence electrons. The number of nitrogens with zero attached hydrogens (tertiary/aromatic N) is 2. The zero-order chi connectivity index (χ0) is 10.9. The molecule has 0 unspecified atom stereocenters. The Labute approximate surface area is 90.2 Å². The Morgan fingerprint density at radius 1 is 1.40 bits per heavy atom. The minimum absolute atomic E-state index is 0.469. The van der Waals surface area contributed by atoms with E-state index in [1.165, 1.54) is 0 Å². The average Bonchev–Trinajstić information content (AvgIpc) is 2.70. The smallest absolute Gasteiger partial charge is 0.122 e. The van der Waals surface area contributed by atoms with Gasteiger partial charge in [0.25, 0.3) is 0 Å². The lowest BCUT2D eigenvalue weighted by Crippen LogP contribution is -2.12. The molecule has 1 rings (SSSR count). The minimum atomic E-state index is 0.469. The van der Waals surface area contributed by atoms with Gasteiger partial charge in [0.05, 0.1) is 13.2 Å². The summed E-state index contributed by atoms with van der Waals surface area (Å²) < 4.78 is 12.4. The highest BCUT2D eigenvalue weighted by Gasteiger charge is 1.99. The molecule has 0 radical (unpaired) electrons. The van der Waals surface area contributed by atoms with Gasteiger partial charge in [-0.1, -0.05) is 0 Å². The first kappa shape index (κ1) is 12.2. The van der Waals surface area contributed by atoms with Crippen molar-refractivity contribution in [3.63, 3.8) is 0 Å². The van der Waals surface area contributed by atoms with Crippen molar-refractivity contribution in [3.8, 4) is 0 Å². The molecular weight excluding hydrogens is 194 g/mol. The highest BCUT2D eigenvalue weighted by molar-refractivity contribution is 4.90. The first-order valence-corrected chi connectivity index (χ1v) is 5.15. The van der Waals surface area contributed by atoms with Gasteiger partial charge in [0.15, 0.2) is 0 Å². The Bertz CT molecular complexity index is 263. The van der Waals surface area contributed by atoms with Gasteiger partial charge in [0.1, 0.15) is 5.82 Å². The van der Waals surface area contributed by atoms with E-state index in [0.29, 0.717) is 13.2 Å². The summed E-state index contributed by atoms with van der Waals surface area (Å²) >= 11 is 0. The van der Waals surface area contributed by atoms with E-state index >= 15 is 0 Å². The monoisotopic (exact) mass is 213 g/mol. The Kier molecular flexibility index (Phi) is 5.99. The third kappa shape index (κ3) is 4.42. The second-order valence-electron chi connectivity index (χ2n) is 3.20. The van der Waals surface area contributed by atoms with Crippen molar-refractivity contribution < 1.29 is 9.47 Å². The van der Waals surface area contributed by atoms with Crippen molar-refractivity contribution >= 4 is 0 Å². The van der Waals surface area contributed by atoms with Crippen LogP contribution in [0.5, 0.6) is 0 Å². The lowest BCUT2D eigenvalue weighted by molar-refractivity contribution is 0.0973. The van der Waals surface area contributed by atoms with Crippen LogP contribution in [0.4, 0.5) is 0 Å². The summed E-state index contributed by atoms with van der Waals surface area (Å²) in [6, 6.07) is 0. The van der Waals surface area contributed by atoms with Crippen molar-refractivity contribution in [1.82, 2.24) is 9.55 Å². The Morgan fingerprint density at radius 2 is 2.27 bits per heavy atom. The predicted molar refractivity (Wildman–Crippen MR) is 57.4 cm³/mol. The van der Waals surface area contributed by atoms with Crippen LogP contribution in [0.15, 0.2) is 12.4 Å². The summed E-state index contributed by atoms with van der Waals surface area (Å²) in [6.07, 6.45) is 4.61. The summed E-state index contributed by atoms with van der Waals surface area (Å²) in [6.45, 7) is 3.45. The molecule has 0 aliphatic rings. The first-order chi connectivity index (χ1) is 7.38. The standard InChI is InChI=1S/C10H19N3O2/c1-14-6-2-7-15-8-5-13-4-3-12-10(13)9-11/h3-4H,2,5-9,11H2,1H3. The third-order valence-corrected chi connectivity index (χ3v) is 2.10. The molecule has 0 aromatic carbocycles. The summed E-state index contributed by atoms with van der Waals surface area (Å²) in [4.78, 5) is 4.13. The molecule has 1 aromatic rings. The van der Waals surface area contributed by atoms with Crippen LogP contribution in [0.1, 0.15) is 12.2 Å². The molecule has 1 aromatic heterocycles. The van der Waals surface area contributed by atoms with Crippen LogP contribution < -0.4 is 5.73 Å². The number of ether oxygens (including phenoxy) is 2. The second kappa shape index (κ2) is 7.39. The average molecular weight is 213 g/mol. The van der Waals surface area contributed by atoms with Crippen LogP contribution in [-0.4, -0.2) is 36.5 Å². The Morgan fingerprint density at radius 3 is 3.00 bits per heavy atom. The number of imidazole rings is 1. The molecule has 0 fully saturated rings. The van der Waals surface area contributed by atoms with E-state index in [4.69, 9.17) is 15.2 Å². The molecule has 15 heavy (non-hydrogen) atoms. The Hall–Kier alpha value is -0.910. The molecule has 5 nitrogen and oxygen atoms in total. The summed E-state index contributed by atoms with van der Waals surface area (Å²) in [5.74, 6) is 0.899. The third-order valence-electron chi connectivity index (χ3n) is 2.10. The zero-order valence-corrected chi connectivity index (χ0v) is 9.19. The van der Waals surface area contributed by atoms with Gasteiger partial charge in [-0.2, -0.15) is 0 Å². The highest BCUT2D eigenvalue weighted by atomic mass is 16.5. The van der Waals surface area contributed by atoms with E-state index in [1.54, 1.807) is 13.3 Å². The van der Waals surface area contributed by atoms with Crippen LogP contribution in [0.2, 0.25) is 0 Å². The molecule has 5 heteroatoms. The highest BCUT2D eigenvalue weighted by Crippen LogP contribution is 1.96. The minimum Gasteiger partial charge on any atom is -0.385 e. The molecule has 0 bridgehead atoms. The molecule has 0 aliphatic carbocycles. The van der Waals surface area contributed by atoms with Gasteiger partial charge in [-0.15, -0.1) is 0 Å². The summed E-state index contributed by atoms with van der Waals surface area (Å²) in [5.41, 5.74) is 5.52. The zero-order valence-electron chi connectivity index (χ0n) is 9.19. The number of hydrogen-bond acceptors (Lipinski definition) is 4. The van der Waals surface area contributed by atoms with Crippen molar-refractivity contribution in [2.45, 2.75) is 19.5 Å². The maximum absolute atomic E-state index is 5.52. The van der Waals surface area contributed by atoms with E-state index in [9.17, 15) is 0 Å². The van der Waals surface area contributed by atoms with Gasteiger partial charge in [0.2, 0.25) is 0 Å². The Balaban J connectivity index is 2.09. The molecule has 0 atom stereocenters. The van der Waals surface area contributed by atoms with Crippen molar-refractivity contribution in [2.75, 3.05) is 26.9 Å². The fraction of sp³-hybridized carbons (Fsp3) is 0.700. The first-order valence-electron chi connectivity index (χ1n) is 5.15. The molecule has 2 N–H and O–H groups in total. The van der Waals surface area contributed by atoms with Crippen LogP contribution in [0.3, 0.4) is 0 Å². The number of nitrogens with two attached hydrogens (primary N) is 1. The molecular formula is C10H19N3O2. The van der Waals surface area contributed by atoms with Crippen LogP contribution >= 0.6 is 0 Å². The predicted octanol–water partition coefficient (Wildman–Crippen LogP) is 0.395. The van der Waals surface area contributed by atoms with E-state index < -0.39 is 0 Å². The SMILES string of the molecule is COCCCOCCn1ccnc1CN. The topological polar surface area (TPSA) is 62.3 Å². The molecule has 0 saturated heterocycles.